The van der Waals surface area contributed by atoms with Gasteiger partial charge in [-0.15, -0.1) is 0 Å². The zero-order valence-electron chi connectivity index (χ0n) is 17.8. The minimum atomic E-state index is 0.297. The number of nitrogens with two attached hydrogens (primary N) is 1. The molecule has 3 heterocycles. The summed E-state index contributed by atoms with van der Waals surface area (Å²) in [7, 11) is 0. The third-order valence-corrected chi connectivity index (χ3v) is 6.31. The predicted molar refractivity (Wildman–Crippen MR) is 126 cm³/mol. The molecular weight excluding hydrogens is 428 g/mol. The number of nitrogens with zero attached hydrogens (tertiary/aromatic N) is 4. The van der Waals surface area contributed by atoms with Gasteiger partial charge in [0.05, 0.1) is 0 Å². The average Bonchev–Trinajstić information content (AvgIpc) is 3.27. The molecule has 1 saturated heterocycles. The molecule has 0 unspecified atom stereocenters. The van der Waals surface area contributed by atoms with Gasteiger partial charge >= 0.3 is 0 Å². The number of hydrogen-bond acceptors (Lipinski definition) is 8. The Morgan fingerprint density at radius 3 is 2.72 bits per heavy atom. The van der Waals surface area contributed by atoms with E-state index in [0.717, 1.165) is 61.3 Å². The number of nitrogens with one attached hydrogen (secondary N) is 1. The summed E-state index contributed by atoms with van der Waals surface area (Å²) in [6.45, 7) is 6.61. The summed E-state index contributed by atoms with van der Waals surface area (Å²) in [4.78, 5) is 13.4. The molecular formula is C23H25ClN6O2. The number of ether oxygens (including phenoxy) is 2. The minimum Gasteiger partial charge on any atom is -0.454 e. The van der Waals surface area contributed by atoms with Gasteiger partial charge in [-0.3, -0.25) is 4.90 Å². The molecule has 8 nitrogen and oxygen atoms in total. The Labute approximate surface area is 191 Å². The summed E-state index contributed by atoms with van der Waals surface area (Å²) in [6, 6.07) is 11.9. The number of rotatable bonds is 5. The van der Waals surface area contributed by atoms with E-state index in [1.54, 1.807) is 6.33 Å². The van der Waals surface area contributed by atoms with Crippen LogP contribution in [0.1, 0.15) is 11.1 Å². The van der Waals surface area contributed by atoms with Crippen molar-refractivity contribution >= 4 is 34.6 Å². The zero-order chi connectivity index (χ0) is 22.1. The lowest BCUT2D eigenvalue weighted by Gasteiger charge is -2.36. The summed E-state index contributed by atoms with van der Waals surface area (Å²) in [6.07, 6.45) is 1.55. The summed E-state index contributed by atoms with van der Waals surface area (Å²) in [5.41, 5.74) is 10.0. The van der Waals surface area contributed by atoms with Crippen molar-refractivity contribution in [1.82, 2.24) is 14.9 Å². The highest BCUT2D eigenvalue weighted by atomic mass is 35.5. The number of benzene rings is 2. The molecule has 0 aliphatic carbocycles. The highest BCUT2D eigenvalue weighted by Crippen LogP contribution is 2.34. The molecule has 3 N–H and O–H groups in total. The SMILES string of the molecule is Cc1c(Cl)cccc1Nc1ncnc(N2CCN(Cc3ccc4c(c3)OCO4)CC2)c1N. The van der Waals surface area contributed by atoms with Crippen LogP contribution in [0.25, 0.3) is 0 Å². The predicted octanol–water partition coefficient (Wildman–Crippen LogP) is 3.82. The van der Waals surface area contributed by atoms with Gasteiger partial charge in [-0.1, -0.05) is 23.7 Å². The summed E-state index contributed by atoms with van der Waals surface area (Å²) in [5, 5.41) is 4.00. The van der Waals surface area contributed by atoms with Gasteiger partial charge in [-0.25, -0.2) is 9.97 Å². The Morgan fingerprint density at radius 2 is 1.88 bits per heavy atom. The first kappa shape index (κ1) is 20.7. The molecule has 3 aromatic rings. The Hall–Kier alpha value is -3.23. The van der Waals surface area contributed by atoms with Gasteiger partial charge in [0.25, 0.3) is 0 Å². The molecule has 0 radical (unpaired) electrons. The van der Waals surface area contributed by atoms with Crippen LogP contribution in [0, 0.1) is 6.92 Å². The van der Waals surface area contributed by atoms with E-state index in [-0.39, 0.29) is 0 Å². The van der Waals surface area contributed by atoms with Crippen LogP contribution in [0.4, 0.5) is 23.0 Å². The van der Waals surface area contributed by atoms with Crippen molar-refractivity contribution in [3.63, 3.8) is 0 Å². The fourth-order valence-electron chi connectivity index (χ4n) is 4.02. The Balaban J connectivity index is 1.24. The monoisotopic (exact) mass is 452 g/mol. The van der Waals surface area contributed by atoms with Gasteiger partial charge in [0.1, 0.15) is 12.0 Å². The van der Waals surface area contributed by atoms with Crippen molar-refractivity contribution in [1.29, 1.82) is 0 Å². The van der Waals surface area contributed by atoms with Crippen molar-refractivity contribution in [3.05, 3.63) is 58.9 Å². The first-order valence-corrected chi connectivity index (χ1v) is 10.9. The molecule has 1 aromatic heterocycles. The second-order valence-corrected chi connectivity index (χ2v) is 8.35. The molecule has 166 valence electrons. The van der Waals surface area contributed by atoms with Crippen LogP contribution in [0.2, 0.25) is 5.02 Å². The van der Waals surface area contributed by atoms with Crippen molar-refractivity contribution in [2.24, 2.45) is 0 Å². The van der Waals surface area contributed by atoms with Crippen LogP contribution in [0.5, 0.6) is 11.5 Å². The van der Waals surface area contributed by atoms with Crippen LogP contribution < -0.4 is 25.4 Å². The lowest BCUT2D eigenvalue weighted by Crippen LogP contribution is -2.46. The maximum Gasteiger partial charge on any atom is 0.231 e. The quantitative estimate of drug-likeness (QED) is 0.604. The van der Waals surface area contributed by atoms with Gasteiger partial charge in [0.15, 0.2) is 23.1 Å². The smallest absolute Gasteiger partial charge is 0.231 e. The van der Waals surface area contributed by atoms with E-state index >= 15 is 0 Å². The summed E-state index contributed by atoms with van der Waals surface area (Å²) in [5.74, 6) is 2.98. The maximum atomic E-state index is 6.46. The molecule has 0 amide bonds. The van der Waals surface area contributed by atoms with Crippen molar-refractivity contribution in [3.8, 4) is 11.5 Å². The third kappa shape index (κ3) is 4.11. The van der Waals surface area contributed by atoms with Crippen LogP contribution in [-0.4, -0.2) is 47.8 Å². The highest BCUT2D eigenvalue weighted by Gasteiger charge is 2.22. The highest BCUT2D eigenvalue weighted by molar-refractivity contribution is 6.31. The van der Waals surface area contributed by atoms with E-state index in [4.69, 9.17) is 26.8 Å². The molecule has 2 aliphatic heterocycles. The van der Waals surface area contributed by atoms with Crippen molar-refractivity contribution < 1.29 is 9.47 Å². The molecule has 0 bridgehead atoms. The molecule has 0 atom stereocenters. The minimum absolute atomic E-state index is 0.297. The lowest BCUT2D eigenvalue weighted by molar-refractivity contribution is 0.174. The van der Waals surface area contributed by atoms with Gasteiger partial charge < -0.3 is 25.4 Å². The Bertz CT molecular complexity index is 1130. The van der Waals surface area contributed by atoms with Gasteiger partial charge in [0, 0.05) is 43.4 Å². The average molecular weight is 453 g/mol. The van der Waals surface area contributed by atoms with Crippen LogP contribution in [0.15, 0.2) is 42.7 Å². The molecule has 32 heavy (non-hydrogen) atoms. The second-order valence-electron chi connectivity index (χ2n) is 7.95. The molecule has 2 aliphatic rings. The van der Waals surface area contributed by atoms with Gasteiger partial charge in [-0.2, -0.15) is 0 Å². The van der Waals surface area contributed by atoms with Crippen LogP contribution >= 0.6 is 11.6 Å². The number of aromatic nitrogens is 2. The molecule has 2 aromatic carbocycles. The Morgan fingerprint density at radius 1 is 1.06 bits per heavy atom. The van der Waals surface area contributed by atoms with Crippen molar-refractivity contribution in [2.45, 2.75) is 13.5 Å². The molecule has 0 saturated carbocycles. The number of fused-ring (bicyclic) bond motifs is 1. The molecule has 5 rings (SSSR count). The standard InChI is InChI=1S/C23H25ClN6O2/c1-15-17(24)3-2-4-18(15)28-22-21(25)23(27-13-26-22)30-9-7-29(8-10-30)12-16-5-6-19-20(11-16)32-14-31-19/h2-6,11,13H,7-10,12,14,25H2,1H3,(H,26,27,28). The fourth-order valence-corrected chi connectivity index (χ4v) is 4.20. The number of anilines is 4. The normalized spacial score (nSPS) is 15.8. The largest absolute Gasteiger partial charge is 0.454 e. The molecule has 9 heteroatoms. The summed E-state index contributed by atoms with van der Waals surface area (Å²) >= 11 is 6.24. The zero-order valence-corrected chi connectivity index (χ0v) is 18.6. The van der Waals surface area contributed by atoms with Gasteiger partial charge in [-0.05, 0) is 42.3 Å². The van der Waals surface area contributed by atoms with Gasteiger partial charge in [0.2, 0.25) is 6.79 Å². The van der Waals surface area contributed by atoms with E-state index in [1.807, 2.05) is 31.2 Å². The number of piperazine rings is 1. The van der Waals surface area contributed by atoms with E-state index in [9.17, 15) is 0 Å². The fraction of sp³-hybridized carbons (Fsp3) is 0.304. The molecule has 1 fully saturated rings. The number of hydrogen-bond donors (Lipinski definition) is 2. The number of nitrogen functional groups attached to an aromatic ring is 1. The van der Waals surface area contributed by atoms with E-state index < -0.39 is 0 Å². The summed E-state index contributed by atoms with van der Waals surface area (Å²) < 4.78 is 10.9. The Kier molecular flexibility index (Phi) is 5.63. The van der Waals surface area contributed by atoms with Crippen LogP contribution in [-0.2, 0) is 6.54 Å². The first-order valence-electron chi connectivity index (χ1n) is 10.6. The first-order chi connectivity index (χ1) is 15.6. The van der Waals surface area contributed by atoms with Crippen molar-refractivity contribution in [2.75, 3.05) is 48.9 Å². The molecule has 0 spiro atoms. The van der Waals surface area contributed by atoms with E-state index in [2.05, 4.69) is 37.2 Å². The van der Waals surface area contributed by atoms with E-state index in [1.165, 1.54) is 5.56 Å². The third-order valence-electron chi connectivity index (χ3n) is 5.90. The second kappa shape index (κ2) is 8.72. The topological polar surface area (TPSA) is 88.8 Å². The lowest BCUT2D eigenvalue weighted by atomic mass is 10.1. The van der Waals surface area contributed by atoms with E-state index in [0.29, 0.717) is 23.3 Å². The maximum absolute atomic E-state index is 6.46. The number of halogens is 1. The van der Waals surface area contributed by atoms with Crippen LogP contribution in [0.3, 0.4) is 0 Å².